The second kappa shape index (κ2) is 13.0. The lowest BCUT2D eigenvalue weighted by Gasteiger charge is -2.41. The largest absolute Gasteiger partial charge is 0.473 e. The Labute approximate surface area is 248 Å². The van der Waals surface area contributed by atoms with E-state index in [-0.39, 0.29) is 12.1 Å². The van der Waals surface area contributed by atoms with Crippen LogP contribution in [0.5, 0.6) is 11.8 Å². The van der Waals surface area contributed by atoms with Crippen molar-refractivity contribution in [3.63, 3.8) is 0 Å². The van der Waals surface area contributed by atoms with Crippen LogP contribution in [-0.4, -0.2) is 47.3 Å². The van der Waals surface area contributed by atoms with Gasteiger partial charge in [-0.15, -0.1) is 0 Å². The van der Waals surface area contributed by atoms with Crippen molar-refractivity contribution in [2.75, 3.05) is 24.5 Å². The summed E-state index contributed by atoms with van der Waals surface area (Å²) in [5.41, 5.74) is 4.65. The smallest absolute Gasteiger partial charge is 0.410 e. The Morgan fingerprint density at radius 3 is 2.02 bits per heavy atom. The van der Waals surface area contributed by atoms with Crippen molar-refractivity contribution in [2.45, 2.75) is 52.6 Å². The van der Waals surface area contributed by atoms with Crippen molar-refractivity contribution in [3.05, 3.63) is 108 Å². The Kier molecular flexibility index (Phi) is 8.96. The number of aromatic nitrogens is 1. The minimum absolute atomic E-state index is 0.157. The van der Waals surface area contributed by atoms with Crippen molar-refractivity contribution >= 4 is 11.8 Å². The van der Waals surface area contributed by atoms with E-state index in [1.807, 2.05) is 93.6 Å². The molecular formula is C35H39N3O4. The summed E-state index contributed by atoms with van der Waals surface area (Å²) < 4.78 is 17.8. The summed E-state index contributed by atoms with van der Waals surface area (Å²) in [6.07, 6.45) is -0.254. The van der Waals surface area contributed by atoms with Crippen LogP contribution in [-0.2, 0) is 18.0 Å². The molecule has 5 rings (SSSR count). The van der Waals surface area contributed by atoms with Gasteiger partial charge in [-0.2, -0.15) is 4.98 Å². The zero-order valence-electron chi connectivity index (χ0n) is 24.8. The van der Waals surface area contributed by atoms with Gasteiger partial charge >= 0.3 is 6.09 Å². The van der Waals surface area contributed by atoms with E-state index in [4.69, 9.17) is 19.2 Å². The zero-order valence-corrected chi connectivity index (χ0v) is 24.8. The highest BCUT2D eigenvalue weighted by Gasteiger charge is 2.30. The molecule has 1 atom stereocenters. The molecule has 0 unspecified atom stereocenters. The molecular weight excluding hydrogens is 526 g/mol. The molecule has 2 heterocycles. The second-order valence-electron chi connectivity index (χ2n) is 11.6. The van der Waals surface area contributed by atoms with Crippen LogP contribution in [0.3, 0.4) is 0 Å². The third kappa shape index (κ3) is 7.60. The lowest BCUT2D eigenvalue weighted by Crippen LogP contribution is -2.54. The summed E-state index contributed by atoms with van der Waals surface area (Å²) in [6.45, 7) is 10.6. The Morgan fingerprint density at radius 2 is 1.43 bits per heavy atom. The van der Waals surface area contributed by atoms with Crippen LogP contribution in [0.2, 0.25) is 0 Å². The molecule has 7 heteroatoms. The number of amides is 1. The highest BCUT2D eigenvalue weighted by molar-refractivity contribution is 5.72. The molecule has 1 aliphatic heterocycles. The number of hydrogen-bond acceptors (Lipinski definition) is 6. The fourth-order valence-electron chi connectivity index (χ4n) is 4.96. The Morgan fingerprint density at radius 1 is 0.810 bits per heavy atom. The van der Waals surface area contributed by atoms with Crippen LogP contribution in [0.4, 0.5) is 10.5 Å². The van der Waals surface area contributed by atoms with Gasteiger partial charge in [-0.05, 0) is 62.6 Å². The maximum atomic E-state index is 12.6. The lowest BCUT2D eigenvalue weighted by atomic mass is 10.1. The van der Waals surface area contributed by atoms with Crippen LogP contribution in [0, 0.1) is 0 Å². The quantitative estimate of drug-likeness (QED) is 0.223. The highest BCUT2D eigenvalue weighted by atomic mass is 16.6. The van der Waals surface area contributed by atoms with Crippen molar-refractivity contribution < 1.29 is 19.0 Å². The summed E-state index contributed by atoms with van der Waals surface area (Å²) in [4.78, 5) is 21.5. The van der Waals surface area contributed by atoms with E-state index < -0.39 is 5.60 Å². The Bertz CT molecular complexity index is 1450. The predicted molar refractivity (Wildman–Crippen MR) is 166 cm³/mol. The van der Waals surface area contributed by atoms with Gasteiger partial charge in [0.25, 0.3) is 0 Å². The van der Waals surface area contributed by atoms with Crippen molar-refractivity contribution in [2.24, 2.45) is 0 Å². The van der Waals surface area contributed by atoms with Gasteiger partial charge in [-0.3, -0.25) is 0 Å². The standard InChI is InChI=1S/C35H39N3O4/c1-26-23-37(34(39)42-35(2,3)4)21-22-38(26)30-17-15-29(16-18-30)31-19-20-32(40-24-27-11-7-5-8-12-27)36-33(31)41-25-28-13-9-6-10-14-28/h5-20,26H,21-25H2,1-4H3/t26-/m1/s1. The van der Waals surface area contributed by atoms with E-state index >= 15 is 0 Å². The zero-order chi connectivity index (χ0) is 29.5. The molecule has 1 aliphatic rings. The Balaban J connectivity index is 1.31. The molecule has 1 aromatic heterocycles. The van der Waals surface area contributed by atoms with E-state index in [0.717, 1.165) is 34.5 Å². The van der Waals surface area contributed by atoms with Crippen LogP contribution in [0.25, 0.3) is 11.1 Å². The summed E-state index contributed by atoms with van der Waals surface area (Å²) in [7, 11) is 0. The summed E-state index contributed by atoms with van der Waals surface area (Å²) in [5, 5.41) is 0. The van der Waals surface area contributed by atoms with Gasteiger partial charge in [0, 0.05) is 43.0 Å². The molecule has 0 aliphatic carbocycles. The lowest BCUT2D eigenvalue weighted by molar-refractivity contribution is 0.0219. The molecule has 0 N–H and O–H groups in total. The summed E-state index contributed by atoms with van der Waals surface area (Å²) >= 11 is 0. The first-order chi connectivity index (χ1) is 20.2. The van der Waals surface area contributed by atoms with Gasteiger partial charge in [0.2, 0.25) is 11.8 Å². The molecule has 0 saturated carbocycles. The first-order valence-corrected chi connectivity index (χ1v) is 14.4. The molecule has 1 fully saturated rings. The first kappa shape index (κ1) is 29.0. The number of hydrogen-bond donors (Lipinski definition) is 0. The molecule has 3 aromatic carbocycles. The SMILES string of the molecule is C[C@@H]1CN(C(=O)OC(C)(C)C)CCN1c1ccc(-c2ccc(OCc3ccccc3)nc2OCc2ccccc2)cc1. The number of carbonyl (C=O) groups excluding carboxylic acids is 1. The van der Waals surface area contributed by atoms with Crippen molar-refractivity contribution in [1.82, 2.24) is 9.88 Å². The molecule has 1 saturated heterocycles. The molecule has 0 spiro atoms. The minimum atomic E-state index is -0.502. The van der Waals surface area contributed by atoms with Crippen molar-refractivity contribution in [3.8, 4) is 22.9 Å². The number of rotatable bonds is 8. The fourth-order valence-corrected chi connectivity index (χ4v) is 4.96. The number of carbonyl (C=O) groups is 1. The average Bonchev–Trinajstić information content (AvgIpc) is 2.99. The number of pyridine rings is 1. The normalized spacial score (nSPS) is 15.3. The average molecular weight is 566 g/mol. The second-order valence-corrected chi connectivity index (χ2v) is 11.6. The molecule has 0 bridgehead atoms. The molecule has 0 radical (unpaired) electrons. The maximum absolute atomic E-state index is 12.6. The predicted octanol–water partition coefficient (Wildman–Crippen LogP) is 7.35. The number of ether oxygens (including phenoxy) is 3. The minimum Gasteiger partial charge on any atom is -0.473 e. The fraction of sp³-hybridized carbons (Fsp3) is 0.314. The summed E-state index contributed by atoms with van der Waals surface area (Å²) in [6, 6.07) is 32.6. The monoisotopic (exact) mass is 565 g/mol. The maximum Gasteiger partial charge on any atom is 0.410 e. The number of benzene rings is 3. The molecule has 42 heavy (non-hydrogen) atoms. The van der Waals surface area contributed by atoms with Gasteiger partial charge in [0.1, 0.15) is 18.8 Å². The first-order valence-electron chi connectivity index (χ1n) is 14.4. The van der Waals surface area contributed by atoms with Gasteiger partial charge in [0.15, 0.2) is 0 Å². The van der Waals surface area contributed by atoms with Crippen molar-refractivity contribution in [1.29, 1.82) is 0 Å². The van der Waals surface area contributed by atoms with E-state index in [9.17, 15) is 4.79 Å². The van der Waals surface area contributed by atoms with E-state index in [0.29, 0.717) is 38.1 Å². The third-order valence-corrected chi connectivity index (χ3v) is 7.07. The van der Waals surface area contributed by atoms with Gasteiger partial charge in [-0.25, -0.2) is 4.79 Å². The van der Waals surface area contributed by atoms with Gasteiger partial charge in [0.05, 0.1) is 0 Å². The van der Waals surface area contributed by atoms with Gasteiger partial charge in [-0.1, -0.05) is 72.8 Å². The van der Waals surface area contributed by atoms with E-state index in [1.165, 1.54) is 0 Å². The van der Waals surface area contributed by atoms with E-state index in [2.05, 4.69) is 36.1 Å². The molecule has 218 valence electrons. The number of anilines is 1. The van der Waals surface area contributed by atoms with Crippen LogP contribution in [0.1, 0.15) is 38.8 Å². The molecule has 1 amide bonds. The highest BCUT2D eigenvalue weighted by Crippen LogP contribution is 2.33. The van der Waals surface area contributed by atoms with Crippen LogP contribution < -0.4 is 14.4 Å². The van der Waals surface area contributed by atoms with Crippen LogP contribution in [0.15, 0.2) is 97.1 Å². The molecule has 7 nitrogen and oxygen atoms in total. The Hall–Kier alpha value is -4.52. The topological polar surface area (TPSA) is 64.1 Å². The summed E-state index contributed by atoms with van der Waals surface area (Å²) in [5.74, 6) is 1.04. The number of nitrogens with zero attached hydrogens (tertiary/aromatic N) is 3. The molecule has 4 aromatic rings. The van der Waals surface area contributed by atoms with Crippen LogP contribution >= 0.6 is 0 Å². The third-order valence-electron chi connectivity index (χ3n) is 7.07. The van der Waals surface area contributed by atoms with E-state index in [1.54, 1.807) is 4.90 Å². The number of piperazine rings is 1. The van der Waals surface area contributed by atoms with Gasteiger partial charge < -0.3 is 24.0 Å².